The zero-order valence-electron chi connectivity index (χ0n) is 10.8. The molecule has 1 rings (SSSR count). The van der Waals surface area contributed by atoms with Crippen molar-refractivity contribution in [3.05, 3.63) is 15.6 Å². The highest BCUT2D eigenvalue weighted by molar-refractivity contribution is 7.99. The van der Waals surface area contributed by atoms with Crippen molar-refractivity contribution < 1.29 is 0 Å². The molecule has 0 bridgehead atoms. The van der Waals surface area contributed by atoms with E-state index >= 15 is 0 Å². The fourth-order valence-electron chi connectivity index (χ4n) is 1.35. The molecule has 0 aliphatic carbocycles. The minimum Gasteiger partial charge on any atom is -0.326 e. The second-order valence-corrected chi connectivity index (χ2v) is 8.15. The molecule has 92 valence electrons. The van der Waals surface area contributed by atoms with Gasteiger partial charge in [0.2, 0.25) is 0 Å². The molecule has 0 unspecified atom stereocenters. The number of rotatable bonds is 4. The number of thiazole rings is 1. The summed E-state index contributed by atoms with van der Waals surface area (Å²) in [6, 6.07) is 0. The molecule has 0 fully saturated rings. The van der Waals surface area contributed by atoms with E-state index in [1.807, 2.05) is 11.8 Å². The van der Waals surface area contributed by atoms with Gasteiger partial charge in [-0.15, -0.1) is 23.1 Å². The summed E-state index contributed by atoms with van der Waals surface area (Å²) in [5.41, 5.74) is 6.94. The van der Waals surface area contributed by atoms with Gasteiger partial charge in [0.1, 0.15) is 5.01 Å². The summed E-state index contributed by atoms with van der Waals surface area (Å²) in [4.78, 5) is 5.95. The van der Waals surface area contributed by atoms with Crippen molar-refractivity contribution >= 4 is 23.1 Å². The van der Waals surface area contributed by atoms with Gasteiger partial charge in [-0.05, 0) is 5.92 Å². The molecule has 4 heteroatoms. The molecule has 0 aliphatic rings. The van der Waals surface area contributed by atoms with Crippen LogP contribution in [-0.2, 0) is 12.3 Å². The van der Waals surface area contributed by atoms with Crippen LogP contribution < -0.4 is 5.73 Å². The Morgan fingerprint density at radius 1 is 1.38 bits per heavy atom. The van der Waals surface area contributed by atoms with Crippen LogP contribution in [0.5, 0.6) is 0 Å². The molecule has 1 aromatic heterocycles. The van der Waals surface area contributed by atoms with Gasteiger partial charge in [0.05, 0.1) is 5.69 Å². The molecule has 1 aromatic rings. The van der Waals surface area contributed by atoms with E-state index in [4.69, 9.17) is 10.7 Å². The van der Waals surface area contributed by atoms with E-state index in [9.17, 15) is 0 Å². The highest BCUT2D eigenvalue weighted by Gasteiger charge is 2.16. The highest BCUT2D eigenvalue weighted by Crippen LogP contribution is 2.31. The van der Waals surface area contributed by atoms with Gasteiger partial charge in [-0.1, -0.05) is 34.6 Å². The Morgan fingerprint density at radius 2 is 2.00 bits per heavy atom. The number of hydrogen-bond donors (Lipinski definition) is 1. The lowest BCUT2D eigenvalue weighted by atomic mass is 10.1. The SMILES string of the molecule is CC(C)c1nc(CSC(C)(C)C)sc1CN. The fraction of sp³-hybridized carbons (Fsp3) is 0.750. The number of nitrogens with two attached hydrogens (primary N) is 1. The van der Waals surface area contributed by atoms with Crippen LogP contribution in [0.25, 0.3) is 0 Å². The predicted molar refractivity (Wildman–Crippen MR) is 75.1 cm³/mol. The van der Waals surface area contributed by atoms with Crippen molar-refractivity contribution in [2.45, 2.75) is 57.6 Å². The maximum absolute atomic E-state index is 5.75. The second-order valence-electron chi connectivity index (χ2n) is 5.18. The Kier molecular flexibility index (Phi) is 4.83. The molecule has 1 heterocycles. The topological polar surface area (TPSA) is 38.9 Å². The zero-order valence-corrected chi connectivity index (χ0v) is 12.5. The summed E-state index contributed by atoms with van der Waals surface area (Å²) in [6.07, 6.45) is 0. The quantitative estimate of drug-likeness (QED) is 0.894. The number of nitrogens with zero attached hydrogens (tertiary/aromatic N) is 1. The number of hydrogen-bond acceptors (Lipinski definition) is 4. The number of aromatic nitrogens is 1. The third-order valence-electron chi connectivity index (χ3n) is 2.13. The smallest absolute Gasteiger partial charge is 0.103 e. The van der Waals surface area contributed by atoms with Gasteiger partial charge in [0.15, 0.2) is 0 Å². The highest BCUT2D eigenvalue weighted by atomic mass is 32.2. The van der Waals surface area contributed by atoms with Crippen LogP contribution in [0.1, 0.15) is 56.1 Å². The molecule has 0 aliphatic heterocycles. The van der Waals surface area contributed by atoms with Crippen LogP contribution in [-0.4, -0.2) is 9.73 Å². The van der Waals surface area contributed by atoms with Gasteiger partial charge in [-0.25, -0.2) is 4.98 Å². The molecular weight excluding hydrogens is 236 g/mol. The summed E-state index contributed by atoms with van der Waals surface area (Å²) in [5.74, 6) is 1.47. The largest absolute Gasteiger partial charge is 0.326 e. The third-order valence-corrected chi connectivity index (χ3v) is 4.69. The van der Waals surface area contributed by atoms with E-state index in [-0.39, 0.29) is 0 Å². The molecule has 0 saturated heterocycles. The van der Waals surface area contributed by atoms with E-state index in [1.54, 1.807) is 11.3 Å². The molecule has 0 radical (unpaired) electrons. The average molecular weight is 258 g/mol. The summed E-state index contributed by atoms with van der Waals surface area (Å²) in [5, 5.41) is 1.21. The first-order valence-electron chi connectivity index (χ1n) is 5.66. The van der Waals surface area contributed by atoms with Crippen LogP contribution in [0.4, 0.5) is 0 Å². The van der Waals surface area contributed by atoms with E-state index in [2.05, 4.69) is 34.6 Å². The van der Waals surface area contributed by atoms with E-state index in [0.29, 0.717) is 17.2 Å². The lowest BCUT2D eigenvalue weighted by Gasteiger charge is -2.16. The average Bonchev–Trinajstić information content (AvgIpc) is 2.56. The van der Waals surface area contributed by atoms with Gasteiger partial charge in [0.25, 0.3) is 0 Å². The Labute approximate surface area is 107 Å². The second kappa shape index (κ2) is 5.52. The number of thioether (sulfide) groups is 1. The molecule has 2 N–H and O–H groups in total. The molecule has 2 nitrogen and oxygen atoms in total. The monoisotopic (exact) mass is 258 g/mol. The van der Waals surface area contributed by atoms with Crippen LogP contribution in [0.15, 0.2) is 0 Å². The van der Waals surface area contributed by atoms with E-state index < -0.39 is 0 Å². The van der Waals surface area contributed by atoms with Crippen molar-refractivity contribution in [3.8, 4) is 0 Å². The van der Waals surface area contributed by atoms with Crippen molar-refractivity contribution in [2.24, 2.45) is 5.73 Å². The van der Waals surface area contributed by atoms with Gasteiger partial charge >= 0.3 is 0 Å². The Bertz CT molecular complexity index is 337. The van der Waals surface area contributed by atoms with Gasteiger partial charge < -0.3 is 5.73 Å². The Hall–Kier alpha value is -0.0600. The maximum atomic E-state index is 5.75. The molecule has 0 amide bonds. The van der Waals surface area contributed by atoms with E-state index in [0.717, 1.165) is 5.75 Å². The summed E-state index contributed by atoms with van der Waals surface area (Å²) < 4.78 is 0.298. The molecule has 0 atom stereocenters. The Morgan fingerprint density at radius 3 is 2.38 bits per heavy atom. The summed E-state index contributed by atoms with van der Waals surface area (Å²) in [7, 11) is 0. The van der Waals surface area contributed by atoms with Crippen LogP contribution in [0.3, 0.4) is 0 Å². The lowest BCUT2D eigenvalue weighted by Crippen LogP contribution is -2.07. The molecule has 0 aromatic carbocycles. The molecule has 0 spiro atoms. The maximum Gasteiger partial charge on any atom is 0.103 e. The van der Waals surface area contributed by atoms with Crippen molar-refractivity contribution in [1.82, 2.24) is 4.98 Å². The minimum absolute atomic E-state index is 0.298. The van der Waals surface area contributed by atoms with Gasteiger partial charge in [-0.2, -0.15) is 0 Å². The van der Waals surface area contributed by atoms with E-state index in [1.165, 1.54) is 15.6 Å². The molecular formula is C12H22N2S2. The zero-order chi connectivity index (χ0) is 12.3. The van der Waals surface area contributed by atoms with Crippen molar-refractivity contribution in [3.63, 3.8) is 0 Å². The van der Waals surface area contributed by atoms with Crippen molar-refractivity contribution in [1.29, 1.82) is 0 Å². The lowest BCUT2D eigenvalue weighted by molar-refractivity contribution is 0.798. The van der Waals surface area contributed by atoms with Gasteiger partial charge in [0, 0.05) is 21.9 Å². The minimum atomic E-state index is 0.298. The van der Waals surface area contributed by atoms with Gasteiger partial charge in [-0.3, -0.25) is 0 Å². The standard InChI is InChI=1S/C12H22N2S2/c1-8(2)11-9(6-13)16-10(14-11)7-15-12(3,4)5/h8H,6-7,13H2,1-5H3. The Balaban J connectivity index is 2.75. The third kappa shape index (κ3) is 4.07. The summed E-state index contributed by atoms with van der Waals surface area (Å²) >= 11 is 3.71. The molecule has 16 heavy (non-hydrogen) atoms. The van der Waals surface area contributed by atoms with Crippen LogP contribution in [0, 0.1) is 0 Å². The summed E-state index contributed by atoms with van der Waals surface area (Å²) in [6.45, 7) is 11.7. The fourth-order valence-corrected chi connectivity index (χ4v) is 3.28. The first-order valence-corrected chi connectivity index (χ1v) is 7.46. The first-order chi connectivity index (χ1) is 7.33. The van der Waals surface area contributed by atoms with Crippen molar-refractivity contribution in [2.75, 3.05) is 0 Å². The normalized spacial score (nSPS) is 12.4. The van der Waals surface area contributed by atoms with Crippen LogP contribution >= 0.6 is 23.1 Å². The predicted octanol–water partition coefficient (Wildman–Crippen LogP) is 3.76. The van der Waals surface area contributed by atoms with Crippen LogP contribution in [0.2, 0.25) is 0 Å². The molecule has 0 saturated carbocycles. The first kappa shape index (κ1) is 14.0.